The summed E-state index contributed by atoms with van der Waals surface area (Å²) in [6.45, 7) is 5.05. The Labute approximate surface area is 141 Å². The fourth-order valence-corrected chi connectivity index (χ4v) is 3.75. The molecule has 7 nitrogen and oxygen atoms in total. The molecule has 1 N–H and O–H groups in total. The van der Waals surface area contributed by atoms with Crippen molar-refractivity contribution in [3.63, 3.8) is 0 Å². The molecule has 2 aliphatic heterocycles. The van der Waals surface area contributed by atoms with Crippen molar-refractivity contribution in [2.75, 3.05) is 6.61 Å². The average Bonchev–Trinajstić information content (AvgIpc) is 2.99. The largest absolute Gasteiger partial charge is 0.388 e. The number of benzene rings is 1. The first kappa shape index (κ1) is 17.8. The summed E-state index contributed by atoms with van der Waals surface area (Å²) in [5.41, 5.74) is 0.947. The molecule has 0 saturated carbocycles. The van der Waals surface area contributed by atoms with E-state index in [0.29, 0.717) is 6.42 Å². The van der Waals surface area contributed by atoms with E-state index in [2.05, 4.69) is 0 Å². The van der Waals surface area contributed by atoms with E-state index in [1.807, 2.05) is 6.92 Å². The zero-order valence-electron chi connectivity index (χ0n) is 13.8. The van der Waals surface area contributed by atoms with Gasteiger partial charge in [-0.2, -0.15) is 8.42 Å². The van der Waals surface area contributed by atoms with Crippen LogP contribution in [0.15, 0.2) is 29.2 Å². The zero-order valence-corrected chi connectivity index (χ0v) is 14.7. The summed E-state index contributed by atoms with van der Waals surface area (Å²) in [4.78, 5) is 0.0536. The summed E-state index contributed by atoms with van der Waals surface area (Å²) in [5.74, 6) is -0.712. The Kier molecular flexibility index (Phi) is 4.71. The van der Waals surface area contributed by atoms with Crippen LogP contribution in [0.5, 0.6) is 0 Å². The van der Waals surface area contributed by atoms with Crippen molar-refractivity contribution in [2.24, 2.45) is 0 Å². The molecule has 2 aliphatic rings. The Bertz CT molecular complexity index is 667. The minimum absolute atomic E-state index is 0.0536. The first-order chi connectivity index (χ1) is 11.2. The van der Waals surface area contributed by atoms with Crippen LogP contribution in [0.2, 0.25) is 0 Å². The van der Waals surface area contributed by atoms with Crippen LogP contribution < -0.4 is 0 Å². The molecule has 2 saturated heterocycles. The van der Waals surface area contributed by atoms with Crippen molar-refractivity contribution >= 4 is 10.1 Å². The van der Waals surface area contributed by atoms with Crippen molar-refractivity contribution < 1.29 is 31.9 Å². The van der Waals surface area contributed by atoms with Gasteiger partial charge in [0.2, 0.25) is 0 Å². The summed E-state index contributed by atoms with van der Waals surface area (Å²) in [6.07, 6.45) is -2.08. The molecule has 0 aliphatic carbocycles. The molecule has 0 spiro atoms. The summed E-state index contributed by atoms with van der Waals surface area (Å²) in [7, 11) is -3.92. The van der Waals surface area contributed by atoms with Crippen LogP contribution >= 0.6 is 0 Å². The Balaban J connectivity index is 1.55. The first-order valence-electron chi connectivity index (χ1n) is 7.81. The third-order valence-electron chi connectivity index (χ3n) is 4.05. The van der Waals surface area contributed by atoms with Gasteiger partial charge in [-0.15, -0.1) is 0 Å². The second-order valence-electron chi connectivity index (χ2n) is 6.57. The lowest BCUT2D eigenvalue weighted by Crippen LogP contribution is -2.34. The Morgan fingerprint density at radius 3 is 2.58 bits per heavy atom. The van der Waals surface area contributed by atoms with Crippen LogP contribution in [0.25, 0.3) is 0 Å². The maximum Gasteiger partial charge on any atom is 0.297 e. The third-order valence-corrected chi connectivity index (χ3v) is 5.34. The Hall–Kier alpha value is -1.03. The van der Waals surface area contributed by atoms with Gasteiger partial charge >= 0.3 is 0 Å². The van der Waals surface area contributed by atoms with Crippen LogP contribution in [0.3, 0.4) is 0 Å². The topological polar surface area (TPSA) is 91.3 Å². The van der Waals surface area contributed by atoms with Gasteiger partial charge in [0.15, 0.2) is 12.1 Å². The van der Waals surface area contributed by atoms with Gasteiger partial charge in [0, 0.05) is 6.42 Å². The lowest BCUT2D eigenvalue weighted by atomic mass is 10.1. The fourth-order valence-electron chi connectivity index (χ4n) is 2.82. The van der Waals surface area contributed by atoms with Crippen LogP contribution in [-0.4, -0.2) is 50.5 Å². The maximum absolute atomic E-state index is 12.1. The molecule has 0 aromatic heterocycles. The molecular weight excluding hydrogens is 336 g/mol. The number of aliphatic hydroxyl groups is 1. The molecule has 2 heterocycles. The first-order valence-corrected chi connectivity index (χ1v) is 9.22. The lowest BCUT2D eigenvalue weighted by Gasteiger charge is -2.22. The third kappa shape index (κ3) is 3.79. The van der Waals surface area contributed by atoms with E-state index in [4.69, 9.17) is 18.4 Å². The average molecular weight is 358 g/mol. The molecule has 0 bridgehead atoms. The number of aryl methyl sites for hydroxylation is 1. The highest BCUT2D eigenvalue weighted by molar-refractivity contribution is 7.86. The second kappa shape index (κ2) is 6.36. The predicted molar refractivity (Wildman–Crippen MR) is 83.6 cm³/mol. The van der Waals surface area contributed by atoms with E-state index in [1.54, 1.807) is 26.0 Å². The number of aliphatic hydroxyl groups excluding tert-OH is 1. The molecule has 134 valence electrons. The Morgan fingerprint density at radius 1 is 1.29 bits per heavy atom. The van der Waals surface area contributed by atoms with Gasteiger partial charge in [0.1, 0.15) is 12.2 Å². The van der Waals surface area contributed by atoms with Gasteiger partial charge < -0.3 is 19.3 Å². The summed E-state index contributed by atoms with van der Waals surface area (Å²) >= 11 is 0. The SMILES string of the molecule is Cc1ccc(S(=O)(=O)OC[C@H](O)[C@@H]2C[C@H]3OC(C)(C)O[C@H]3O2)cc1. The van der Waals surface area contributed by atoms with Crippen LogP contribution in [-0.2, 0) is 28.5 Å². The van der Waals surface area contributed by atoms with E-state index in [0.717, 1.165) is 5.56 Å². The van der Waals surface area contributed by atoms with Crippen LogP contribution in [0.1, 0.15) is 25.8 Å². The number of fused-ring (bicyclic) bond motifs is 1. The van der Waals surface area contributed by atoms with Crippen molar-refractivity contribution in [3.8, 4) is 0 Å². The standard InChI is InChI=1S/C16H22O7S/c1-10-4-6-11(7-5-10)24(18,19)20-9-12(17)13-8-14-15(21-13)23-16(2,3)22-14/h4-7,12-15,17H,8-9H2,1-3H3/t12-,13-,14+,15+/m0/s1. The summed E-state index contributed by atoms with van der Waals surface area (Å²) < 4.78 is 46.0. The fraction of sp³-hybridized carbons (Fsp3) is 0.625. The molecule has 0 amide bonds. The lowest BCUT2D eigenvalue weighted by molar-refractivity contribution is -0.215. The van der Waals surface area contributed by atoms with Gasteiger partial charge in [-0.25, -0.2) is 0 Å². The predicted octanol–water partition coefficient (Wildman–Crippen LogP) is 1.33. The van der Waals surface area contributed by atoms with Crippen molar-refractivity contribution in [3.05, 3.63) is 29.8 Å². The second-order valence-corrected chi connectivity index (χ2v) is 8.19. The quantitative estimate of drug-likeness (QED) is 0.794. The molecule has 1 aromatic rings. The summed E-state index contributed by atoms with van der Waals surface area (Å²) in [6, 6.07) is 6.31. The van der Waals surface area contributed by atoms with Crippen molar-refractivity contribution in [2.45, 2.75) is 62.5 Å². The zero-order chi connectivity index (χ0) is 17.5. The number of rotatable bonds is 5. The molecule has 24 heavy (non-hydrogen) atoms. The van der Waals surface area contributed by atoms with Gasteiger partial charge in [-0.1, -0.05) is 17.7 Å². The number of ether oxygens (including phenoxy) is 3. The van der Waals surface area contributed by atoms with E-state index in [-0.39, 0.29) is 17.6 Å². The van der Waals surface area contributed by atoms with Gasteiger partial charge in [-0.05, 0) is 32.9 Å². The molecule has 0 unspecified atom stereocenters. The van der Waals surface area contributed by atoms with E-state index in [9.17, 15) is 13.5 Å². The Morgan fingerprint density at radius 2 is 1.96 bits per heavy atom. The minimum atomic E-state index is -3.92. The molecule has 3 rings (SSSR count). The van der Waals surface area contributed by atoms with Crippen molar-refractivity contribution in [1.29, 1.82) is 0 Å². The van der Waals surface area contributed by atoms with E-state index in [1.165, 1.54) is 12.1 Å². The monoisotopic (exact) mass is 358 g/mol. The molecule has 8 heteroatoms. The van der Waals surface area contributed by atoms with Crippen LogP contribution in [0.4, 0.5) is 0 Å². The van der Waals surface area contributed by atoms with Gasteiger partial charge in [-0.3, -0.25) is 4.18 Å². The molecule has 1 aromatic carbocycles. The van der Waals surface area contributed by atoms with Gasteiger partial charge in [0.25, 0.3) is 10.1 Å². The molecule has 2 fully saturated rings. The minimum Gasteiger partial charge on any atom is -0.388 e. The van der Waals surface area contributed by atoms with Crippen LogP contribution in [0, 0.1) is 6.92 Å². The highest BCUT2D eigenvalue weighted by Gasteiger charge is 2.50. The molecular formula is C16H22O7S. The van der Waals surface area contributed by atoms with Crippen molar-refractivity contribution in [1.82, 2.24) is 0 Å². The number of hydrogen-bond donors (Lipinski definition) is 1. The highest BCUT2D eigenvalue weighted by Crippen LogP contribution is 2.38. The maximum atomic E-state index is 12.1. The smallest absolute Gasteiger partial charge is 0.297 e. The van der Waals surface area contributed by atoms with E-state index < -0.39 is 34.4 Å². The highest BCUT2D eigenvalue weighted by atomic mass is 32.2. The molecule has 0 radical (unpaired) electrons. The normalized spacial score (nSPS) is 30.2. The summed E-state index contributed by atoms with van der Waals surface area (Å²) in [5, 5.41) is 10.2. The molecule has 4 atom stereocenters. The number of hydrogen-bond acceptors (Lipinski definition) is 7. The van der Waals surface area contributed by atoms with Gasteiger partial charge in [0.05, 0.1) is 17.6 Å². The van der Waals surface area contributed by atoms with E-state index >= 15 is 0 Å².